The average molecular weight is 461 g/mol. The summed E-state index contributed by atoms with van der Waals surface area (Å²) < 4.78 is 0. The van der Waals surface area contributed by atoms with Crippen LogP contribution < -0.4 is 0 Å². The molecule has 0 fully saturated rings. The SMILES string of the molecule is CCCCCC(=Nc1ccc(CC)c(CC)c1)C(CCCCC)=Nc1ccc(CC)c(CC)c1. The van der Waals surface area contributed by atoms with Crippen LogP contribution in [0, 0.1) is 0 Å². The first-order chi connectivity index (χ1) is 16.6. The van der Waals surface area contributed by atoms with Crippen LogP contribution in [0.4, 0.5) is 11.4 Å². The van der Waals surface area contributed by atoms with Crippen molar-refractivity contribution in [3.8, 4) is 0 Å². The first-order valence-corrected chi connectivity index (χ1v) is 14.0. The highest BCUT2D eigenvalue weighted by Crippen LogP contribution is 2.24. The van der Waals surface area contributed by atoms with Crippen molar-refractivity contribution in [1.29, 1.82) is 0 Å². The second-order valence-electron chi connectivity index (χ2n) is 9.35. The Hall–Kier alpha value is -2.22. The quantitative estimate of drug-likeness (QED) is 0.186. The van der Waals surface area contributed by atoms with Gasteiger partial charge in [0.1, 0.15) is 0 Å². The van der Waals surface area contributed by atoms with Gasteiger partial charge in [0.2, 0.25) is 0 Å². The maximum Gasteiger partial charge on any atom is 0.0636 e. The van der Waals surface area contributed by atoms with E-state index >= 15 is 0 Å². The van der Waals surface area contributed by atoms with Crippen LogP contribution in [0.3, 0.4) is 0 Å². The summed E-state index contributed by atoms with van der Waals surface area (Å²) in [5.74, 6) is 0. The minimum atomic E-state index is 1.00. The second kappa shape index (κ2) is 15.6. The molecular weight excluding hydrogens is 412 g/mol. The van der Waals surface area contributed by atoms with E-state index in [4.69, 9.17) is 9.98 Å². The lowest BCUT2D eigenvalue weighted by Gasteiger charge is -2.13. The molecule has 0 amide bonds. The fourth-order valence-electron chi connectivity index (χ4n) is 4.64. The van der Waals surface area contributed by atoms with Crippen LogP contribution in [0.2, 0.25) is 0 Å². The van der Waals surface area contributed by atoms with Crippen molar-refractivity contribution < 1.29 is 0 Å². The van der Waals surface area contributed by atoms with Crippen molar-refractivity contribution in [2.24, 2.45) is 9.98 Å². The van der Waals surface area contributed by atoms with Crippen LogP contribution in [0.15, 0.2) is 46.4 Å². The zero-order valence-corrected chi connectivity index (χ0v) is 22.8. The van der Waals surface area contributed by atoms with Crippen molar-refractivity contribution in [3.63, 3.8) is 0 Å². The molecule has 2 heteroatoms. The van der Waals surface area contributed by atoms with Gasteiger partial charge in [0.25, 0.3) is 0 Å². The molecule has 0 atom stereocenters. The van der Waals surface area contributed by atoms with Gasteiger partial charge in [-0.15, -0.1) is 0 Å². The lowest BCUT2D eigenvalue weighted by atomic mass is 10.00. The van der Waals surface area contributed by atoms with Gasteiger partial charge in [0, 0.05) is 0 Å². The van der Waals surface area contributed by atoms with Crippen LogP contribution >= 0.6 is 0 Å². The van der Waals surface area contributed by atoms with E-state index in [9.17, 15) is 0 Å². The number of unbranched alkanes of at least 4 members (excludes halogenated alkanes) is 4. The molecule has 0 aromatic heterocycles. The monoisotopic (exact) mass is 460 g/mol. The number of hydrogen-bond acceptors (Lipinski definition) is 2. The third-order valence-electron chi connectivity index (χ3n) is 6.80. The molecule has 0 N–H and O–H groups in total. The smallest absolute Gasteiger partial charge is 0.0636 e. The van der Waals surface area contributed by atoms with Gasteiger partial charge >= 0.3 is 0 Å². The minimum Gasteiger partial charge on any atom is -0.252 e. The molecule has 0 bridgehead atoms. The van der Waals surface area contributed by atoms with Crippen LogP contribution in [-0.4, -0.2) is 11.4 Å². The van der Waals surface area contributed by atoms with Crippen molar-refractivity contribution in [2.45, 2.75) is 119 Å². The molecule has 2 aromatic carbocycles. The van der Waals surface area contributed by atoms with Crippen LogP contribution in [0.1, 0.15) is 115 Å². The third-order valence-corrected chi connectivity index (χ3v) is 6.80. The predicted molar refractivity (Wildman–Crippen MR) is 153 cm³/mol. The number of aliphatic imine (C=N–C) groups is 2. The fraction of sp³-hybridized carbons (Fsp3) is 0.562. The summed E-state index contributed by atoms with van der Waals surface area (Å²) in [7, 11) is 0. The molecule has 0 saturated heterocycles. The molecular formula is C32H48N2. The van der Waals surface area contributed by atoms with E-state index in [0.29, 0.717) is 0 Å². The Kier molecular flexibility index (Phi) is 12.9. The first kappa shape index (κ1) is 28.0. The van der Waals surface area contributed by atoms with Crippen molar-refractivity contribution in [3.05, 3.63) is 58.7 Å². The highest BCUT2D eigenvalue weighted by atomic mass is 14.8. The second-order valence-corrected chi connectivity index (χ2v) is 9.35. The summed E-state index contributed by atoms with van der Waals surface area (Å²) in [6.07, 6.45) is 13.5. The number of hydrogen-bond donors (Lipinski definition) is 0. The maximum atomic E-state index is 5.25. The van der Waals surface area contributed by atoms with Crippen molar-refractivity contribution in [1.82, 2.24) is 0 Å². The number of nitrogens with zero attached hydrogens (tertiary/aromatic N) is 2. The zero-order chi connectivity index (χ0) is 24.8. The Balaban J connectivity index is 2.53. The van der Waals surface area contributed by atoms with E-state index < -0.39 is 0 Å². The van der Waals surface area contributed by atoms with Crippen LogP contribution in [0.5, 0.6) is 0 Å². The van der Waals surface area contributed by atoms with E-state index in [0.717, 1.165) is 49.9 Å². The third kappa shape index (κ3) is 8.53. The number of benzene rings is 2. The number of aryl methyl sites for hydroxylation is 4. The summed E-state index contributed by atoms with van der Waals surface area (Å²) in [5.41, 5.74) is 10.3. The Morgan fingerprint density at radius 3 is 1.21 bits per heavy atom. The van der Waals surface area contributed by atoms with Gasteiger partial charge in [-0.25, -0.2) is 0 Å². The van der Waals surface area contributed by atoms with Gasteiger partial charge in [-0.05, 0) is 97.9 Å². The molecule has 0 saturated carbocycles. The summed E-state index contributed by atoms with van der Waals surface area (Å²) in [4.78, 5) is 10.5. The molecule has 2 aromatic rings. The first-order valence-electron chi connectivity index (χ1n) is 14.0. The maximum absolute atomic E-state index is 5.25. The molecule has 0 aliphatic rings. The van der Waals surface area contributed by atoms with E-state index in [-0.39, 0.29) is 0 Å². The lowest BCUT2D eigenvalue weighted by molar-refractivity contribution is 0.735. The minimum absolute atomic E-state index is 1.00. The zero-order valence-electron chi connectivity index (χ0n) is 22.8. The molecule has 0 heterocycles. The Morgan fingerprint density at radius 1 is 0.500 bits per heavy atom. The molecule has 0 unspecified atom stereocenters. The van der Waals surface area contributed by atoms with Gasteiger partial charge in [-0.2, -0.15) is 0 Å². The van der Waals surface area contributed by atoms with E-state index in [2.05, 4.69) is 77.9 Å². The van der Waals surface area contributed by atoms with Crippen LogP contribution in [0.25, 0.3) is 0 Å². The highest BCUT2D eigenvalue weighted by Gasteiger charge is 2.12. The summed E-state index contributed by atoms with van der Waals surface area (Å²) in [6, 6.07) is 13.5. The molecule has 2 rings (SSSR count). The molecule has 0 spiro atoms. The standard InChI is InChI=1S/C32H48N2/c1-7-13-15-17-31(33-29-21-19-25(9-3)27(11-5)23-29)32(18-16-14-8-2)34-30-22-20-26(10-4)28(12-6)24-30/h19-24H,7-18H2,1-6H3. The Bertz CT molecular complexity index is 859. The predicted octanol–water partition coefficient (Wildman–Crippen LogP) is 9.94. The van der Waals surface area contributed by atoms with E-state index in [1.54, 1.807) is 0 Å². The van der Waals surface area contributed by atoms with E-state index in [1.165, 1.54) is 72.2 Å². The normalized spacial score (nSPS) is 12.4. The average Bonchev–Trinajstić information content (AvgIpc) is 2.87. The van der Waals surface area contributed by atoms with Crippen molar-refractivity contribution in [2.75, 3.05) is 0 Å². The van der Waals surface area contributed by atoms with Gasteiger partial charge in [-0.1, -0.05) is 79.4 Å². The van der Waals surface area contributed by atoms with Gasteiger partial charge in [0.15, 0.2) is 0 Å². The fourth-order valence-corrected chi connectivity index (χ4v) is 4.64. The molecule has 0 aliphatic heterocycles. The summed E-state index contributed by atoms with van der Waals surface area (Å²) in [5, 5.41) is 0. The highest BCUT2D eigenvalue weighted by molar-refractivity contribution is 6.43. The van der Waals surface area contributed by atoms with Gasteiger partial charge in [-0.3, -0.25) is 9.98 Å². The molecule has 186 valence electrons. The largest absolute Gasteiger partial charge is 0.252 e. The van der Waals surface area contributed by atoms with Gasteiger partial charge < -0.3 is 0 Å². The number of rotatable bonds is 15. The molecule has 0 aliphatic carbocycles. The molecule has 2 nitrogen and oxygen atoms in total. The van der Waals surface area contributed by atoms with E-state index in [1.807, 2.05) is 0 Å². The van der Waals surface area contributed by atoms with Crippen LogP contribution in [-0.2, 0) is 25.7 Å². The Morgan fingerprint density at radius 2 is 0.882 bits per heavy atom. The summed E-state index contributed by atoms with van der Waals surface area (Å²) in [6.45, 7) is 13.5. The molecule has 0 radical (unpaired) electrons. The van der Waals surface area contributed by atoms with Crippen molar-refractivity contribution >= 4 is 22.8 Å². The topological polar surface area (TPSA) is 24.7 Å². The lowest BCUT2D eigenvalue weighted by Crippen LogP contribution is -2.14. The van der Waals surface area contributed by atoms with Gasteiger partial charge in [0.05, 0.1) is 22.8 Å². The summed E-state index contributed by atoms with van der Waals surface area (Å²) >= 11 is 0. The Labute approximate surface area is 210 Å². The molecule has 34 heavy (non-hydrogen) atoms.